The predicted molar refractivity (Wildman–Crippen MR) is 139 cm³/mol. The summed E-state index contributed by atoms with van der Waals surface area (Å²) >= 11 is 0. The van der Waals surface area contributed by atoms with Crippen LogP contribution in [0.15, 0.2) is 97.2 Å². The number of benzene rings is 3. The standard InChI is InChI=1S/C30H29N3O2/c34-28(32-26-13-14-27-25(21-26)12-7-17-31-27)20-22-15-18-33(19-16-22)30(35)29(23-8-3-1-4-9-23)24-10-5-2-6-11-24/h1-14,17,21-22,29H,15-16,18-20H2,(H,32,34). The van der Waals surface area contributed by atoms with Gasteiger partial charge in [0, 0.05) is 36.8 Å². The van der Waals surface area contributed by atoms with Crippen molar-refractivity contribution in [3.05, 3.63) is 108 Å². The Labute approximate surface area is 205 Å². The topological polar surface area (TPSA) is 62.3 Å². The largest absolute Gasteiger partial charge is 0.342 e. The van der Waals surface area contributed by atoms with Crippen molar-refractivity contribution in [2.24, 2.45) is 5.92 Å². The molecule has 1 aliphatic rings. The smallest absolute Gasteiger partial charge is 0.234 e. The Morgan fingerprint density at radius 1 is 0.857 bits per heavy atom. The molecule has 0 radical (unpaired) electrons. The van der Waals surface area contributed by atoms with Gasteiger partial charge in [0.1, 0.15) is 0 Å². The van der Waals surface area contributed by atoms with E-state index in [1.807, 2.05) is 95.9 Å². The van der Waals surface area contributed by atoms with E-state index >= 15 is 0 Å². The highest BCUT2D eigenvalue weighted by Gasteiger charge is 2.31. The maximum absolute atomic E-state index is 13.6. The van der Waals surface area contributed by atoms with Crippen molar-refractivity contribution in [3.8, 4) is 0 Å². The fourth-order valence-electron chi connectivity index (χ4n) is 4.94. The van der Waals surface area contributed by atoms with E-state index < -0.39 is 0 Å². The second-order valence-corrected chi connectivity index (χ2v) is 9.19. The lowest BCUT2D eigenvalue weighted by Crippen LogP contribution is -2.42. The molecule has 2 heterocycles. The van der Waals surface area contributed by atoms with Gasteiger partial charge < -0.3 is 10.2 Å². The van der Waals surface area contributed by atoms with Crippen LogP contribution in [0, 0.1) is 5.92 Å². The molecule has 0 saturated carbocycles. The van der Waals surface area contributed by atoms with Gasteiger partial charge >= 0.3 is 0 Å². The summed E-state index contributed by atoms with van der Waals surface area (Å²) in [6, 6.07) is 29.6. The third-order valence-corrected chi connectivity index (χ3v) is 6.80. The second-order valence-electron chi connectivity index (χ2n) is 9.19. The van der Waals surface area contributed by atoms with Crippen LogP contribution in [0.1, 0.15) is 36.3 Å². The Bertz CT molecular complexity index is 1260. The second kappa shape index (κ2) is 10.5. The molecule has 1 aliphatic heterocycles. The van der Waals surface area contributed by atoms with Crippen molar-refractivity contribution in [1.29, 1.82) is 0 Å². The zero-order chi connectivity index (χ0) is 24.0. The number of rotatable bonds is 6. The number of nitrogens with zero attached hydrogens (tertiary/aromatic N) is 2. The van der Waals surface area contributed by atoms with Gasteiger partial charge in [-0.3, -0.25) is 14.6 Å². The fraction of sp³-hybridized carbons (Fsp3) is 0.233. The zero-order valence-electron chi connectivity index (χ0n) is 19.6. The van der Waals surface area contributed by atoms with Gasteiger partial charge in [-0.25, -0.2) is 0 Å². The van der Waals surface area contributed by atoms with Gasteiger partial charge in [-0.2, -0.15) is 0 Å². The summed E-state index contributed by atoms with van der Waals surface area (Å²) in [7, 11) is 0. The van der Waals surface area contributed by atoms with Crippen LogP contribution in [-0.2, 0) is 9.59 Å². The summed E-state index contributed by atoms with van der Waals surface area (Å²) < 4.78 is 0. The minimum absolute atomic E-state index is 0.0180. The first-order chi connectivity index (χ1) is 17.2. The van der Waals surface area contributed by atoms with Crippen molar-refractivity contribution in [2.45, 2.75) is 25.2 Å². The van der Waals surface area contributed by atoms with E-state index in [4.69, 9.17) is 0 Å². The van der Waals surface area contributed by atoms with Crippen LogP contribution in [0.4, 0.5) is 5.69 Å². The number of carbonyl (C=O) groups excluding carboxylic acids is 2. The number of hydrogen-bond acceptors (Lipinski definition) is 3. The molecule has 35 heavy (non-hydrogen) atoms. The van der Waals surface area contributed by atoms with E-state index in [-0.39, 0.29) is 23.7 Å². The third kappa shape index (κ3) is 5.40. The summed E-state index contributed by atoms with van der Waals surface area (Å²) in [6.45, 7) is 1.35. The Morgan fingerprint density at radius 2 is 1.51 bits per heavy atom. The molecule has 0 atom stereocenters. The number of pyridine rings is 1. The number of likely N-dealkylation sites (tertiary alicyclic amines) is 1. The molecule has 5 rings (SSSR count). The van der Waals surface area contributed by atoms with Crippen LogP contribution >= 0.6 is 0 Å². The third-order valence-electron chi connectivity index (χ3n) is 6.80. The molecule has 0 spiro atoms. The molecule has 2 amide bonds. The molecule has 5 heteroatoms. The number of fused-ring (bicyclic) bond motifs is 1. The molecule has 176 valence electrons. The van der Waals surface area contributed by atoms with E-state index in [0.717, 1.165) is 40.6 Å². The first-order valence-electron chi connectivity index (χ1n) is 12.2. The number of anilines is 1. The van der Waals surface area contributed by atoms with Gasteiger partial charge in [-0.05, 0) is 54.2 Å². The van der Waals surface area contributed by atoms with Crippen LogP contribution in [0.2, 0.25) is 0 Å². The SMILES string of the molecule is O=C(CC1CCN(C(=O)C(c2ccccc2)c2ccccc2)CC1)Nc1ccc2ncccc2c1. The lowest BCUT2D eigenvalue weighted by molar-refractivity contribution is -0.133. The Kier molecular flexibility index (Phi) is 6.85. The predicted octanol–water partition coefficient (Wildman–Crippen LogP) is 5.63. The highest BCUT2D eigenvalue weighted by Crippen LogP contribution is 2.30. The molecule has 1 aromatic heterocycles. The van der Waals surface area contributed by atoms with Gasteiger partial charge in [0.2, 0.25) is 11.8 Å². The maximum atomic E-state index is 13.6. The van der Waals surface area contributed by atoms with Crippen molar-refractivity contribution >= 4 is 28.4 Å². The van der Waals surface area contributed by atoms with E-state index in [9.17, 15) is 9.59 Å². The van der Waals surface area contributed by atoms with E-state index in [1.54, 1.807) is 6.20 Å². The van der Waals surface area contributed by atoms with Gasteiger partial charge in [0.25, 0.3) is 0 Å². The molecule has 0 bridgehead atoms. The van der Waals surface area contributed by atoms with Crippen molar-refractivity contribution in [3.63, 3.8) is 0 Å². The van der Waals surface area contributed by atoms with E-state index in [2.05, 4.69) is 10.3 Å². The molecule has 5 nitrogen and oxygen atoms in total. The monoisotopic (exact) mass is 463 g/mol. The Balaban J connectivity index is 1.19. The molecule has 1 fully saturated rings. The summed E-state index contributed by atoms with van der Waals surface area (Å²) in [5, 5.41) is 4.03. The first-order valence-corrected chi connectivity index (χ1v) is 12.2. The van der Waals surface area contributed by atoms with Crippen LogP contribution in [0.5, 0.6) is 0 Å². The molecule has 0 unspecified atom stereocenters. The maximum Gasteiger partial charge on any atom is 0.234 e. The van der Waals surface area contributed by atoms with Crippen LogP contribution in [0.3, 0.4) is 0 Å². The molecule has 0 aliphatic carbocycles. The Hall–Kier alpha value is -3.99. The molecular weight excluding hydrogens is 434 g/mol. The highest BCUT2D eigenvalue weighted by molar-refractivity contribution is 5.93. The summed E-state index contributed by atoms with van der Waals surface area (Å²) in [5.41, 5.74) is 3.72. The Morgan fingerprint density at radius 3 is 2.17 bits per heavy atom. The highest BCUT2D eigenvalue weighted by atomic mass is 16.2. The van der Waals surface area contributed by atoms with Crippen molar-refractivity contribution < 1.29 is 9.59 Å². The van der Waals surface area contributed by atoms with Crippen molar-refractivity contribution in [1.82, 2.24) is 9.88 Å². The van der Waals surface area contributed by atoms with Gasteiger partial charge in [-0.1, -0.05) is 66.7 Å². The number of hydrogen-bond donors (Lipinski definition) is 1. The number of amides is 2. The summed E-state index contributed by atoms with van der Waals surface area (Å²) in [6.07, 6.45) is 3.89. The summed E-state index contributed by atoms with van der Waals surface area (Å²) in [5.74, 6) is 0.118. The van der Waals surface area contributed by atoms with Gasteiger partial charge in [-0.15, -0.1) is 0 Å². The van der Waals surface area contributed by atoms with Gasteiger partial charge in [0.15, 0.2) is 0 Å². The average molecular weight is 464 g/mol. The van der Waals surface area contributed by atoms with Crippen LogP contribution in [0.25, 0.3) is 10.9 Å². The van der Waals surface area contributed by atoms with Gasteiger partial charge in [0.05, 0.1) is 11.4 Å². The normalized spacial score (nSPS) is 14.3. The van der Waals surface area contributed by atoms with Crippen molar-refractivity contribution in [2.75, 3.05) is 18.4 Å². The number of nitrogens with one attached hydrogen (secondary N) is 1. The lowest BCUT2D eigenvalue weighted by Gasteiger charge is -2.34. The number of aromatic nitrogens is 1. The van der Waals surface area contributed by atoms with E-state index in [1.165, 1.54) is 0 Å². The van der Waals surface area contributed by atoms with Crippen LogP contribution in [-0.4, -0.2) is 34.8 Å². The van der Waals surface area contributed by atoms with Crippen LogP contribution < -0.4 is 5.32 Å². The number of carbonyl (C=O) groups is 2. The molecule has 3 aromatic carbocycles. The minimum Gasteiger partial charge on any atom is -0.342 e. The molecule has 1 N–H and O–H groups in total. The number of piperidine rings is 1. The quantitative estimate of drug-likeness (QED) is 0.403. The molecular formula is C30H29N3O2. The minimum atomic E-state index is -0.306. The molecule has 4 aromatic rings. The average Bonchev–Trinajstić information content (AvgIpc) is 2.90. The van der Waals surface area contributed by atoms with E-state index in [0.29, 0.717) is 19.5 Å². The zero-order valence-corrected chi connectivity index (χ0v) is 19.6. The first kappa shape index (κ1) is 22.8. The fourth-order valence-corrected chi connectivity index (χ4v) is 4.94. The lowest BCUT2D eigenvalue weighted by atomic mass is 9.88. The summed E-state index contributed by atoms with van der Waals surface area (Å²) in [4.78, 5) is 32.6. The molecule has 1 saturated heterocycles.